The Kier molecular flexibility index (Phi) is 4.04. The van der Waals surface area contributed by atoms with Gasteiger partial charge in [-0.15, -0.1) is 11.3 Å². The van der Waals surface area contributed by atoms with Crippen LogP contribution in [0.15, 0.2) is 29.6 Å². The molecule has 0 bridgehead atoms. The van der Waals surface area contributed by atoms with E-state index >= 15 is 0 Å². The van der Waals surface area contributed by atoms with E-state index in [1.54, 1.807) is 11.3 Å². The van der Waals surface area contributed by atoms with E-state index in [0.29, 0.717) is 6.54 Å². The lowest BCUT2D eigenvalue weighted by Gasteiger charge is -2.16. The third kappa shape index (κ3) is 2.92. The highest BCUT2D eigenvalue weighted by atomic mass is 32.1. The summed E-state index contributed by atoms with van der Waals surface area (Å²) in [6.07, 6.45) is -0.440. The molecule has 1 unspecified atom stereocenters. The lowest BCUT2D eigenvalue weighted by atomic mass is 10.0. The molecule has 0 amide bonds. The number of hydrogen-bond donors (Lipinski definition) is 2. The molecule has 2 aromatic rings. The molecule has 2 nitrogen and oxygen atoms in total. The molecule has 0 saturated carbocycles. The van der Waals surface area contributed by atoms with Crippen molar-refractivity contribution in [3.63, 3.8) is 0 Å². The predicted molar refractivity (Wildman–Crippen MR) is 78.4 cm³/mol. The summed E-state index contributed by atoms with van der Waals surface area (Å²) >= 11 is 1.59. The second-order valence-corrected chi connectivity index (χ2v) is 5.67. The van der Waals surface area contributed by atoms with E-state index in [4.69, 9.17) is 0 Å². The molecule has 96 valence electrons. The third-order valence-corrected chi connectivity index (χ3v) is 3.99. The zero-order chi connectivity index (χ0) is 13.1. The minimum absolute atomic E-state index is 0.440. The second-order valence-electron chi connectivity index (χ2n) is 4.69. The van der Waals surface area contributed by atoms with Gasteiger partial charge in [0.25, 0.3) is 0 Å². The van der Waals surface area contributed by atoms with Gasteiger partial charge in [0.15, 0.2) is 0 Å². The minimum atomic E-state index is -0.440. The average molecular weight is 261 g/mol. The highest BCUT2D eigenvalue weighted by Crippen LogP contribution is 2.24. The molecule has 1 atom stereocenters. The van der Waals surface area contributed by atoms with Gasteiger partial charge in [-0.3, -0.25) is 0 Å². The van der Waals surface area contributed by atoms with Crippen LogP contribution in [0.3, 0.4) is 0 Å². The normalized spacial score (nSPS) is 12.4. The Hall–Kier alpha value is -1.32. The maximum Gasteiger partial charge on any atom is 0.105 e. The number of hydrogen-bond acceptors (Lipinski definition) is 3. The van der Waals surface area contributed by atoms with Crippen molar-refractivity contribution < 1.29 is 5.11 Å². The third-order valence-electron chi connectivity index (χ3n) is 3.02. The van der Waals surface area contributed by atoms with Gasteiger partial charge in [0.2, 0.25) is 0 Å². The number of aliphatic hydroxyl groups excluding tert-OH is 1. The number of anilines is 1. The number of thiophene rings is 1. The number of aliphatic hydroxyl groups is 1. The summed E-state index contributed by atoms with van der Waals surface area (Å²) in [7, 11) is 0. The molecule has 3 heteroatoms. The first-order valence-electron chi connectivity index (χ1n) is 6.11. The van der Waals surface area contributed by atoms with Crippen molar-refractivity contribution >= 4 is 17.0 Å². The van der Waals surface area contributed by atoms with E-state index in [-0.39, 0.29) is 0 Å². The molecule has 1 heterocycles. The summed E-state index contributed by atoms with van der Waals surface area (Å²) in [6, 6.07) is 8.25. The largest absolute Gasteiger partial charge is 0.386 e. The Bertz CT molecular complexity index is 496. The second kappa shape index (κ2) is 5.55. The van der Waals surface area contributed by atoms with Gasteiger partial charge in [-0.1, -0.05) is 23.8 Å². The van der Waals surface area contributed by atoms with Gasteiger partial charge in [0, 0.05) is 17.1 Å². The van der Waals surface area contributed by atoms with Crippen molar-refractivity contribution in [1.29, 1.82) is 0 Å². The van der Waals surface area contributed by atoms with Crippen molar-refractivity contribution in [2.24, 2.45) is 0 Å². The van der Waals surface area contributed by atoms with Crippen molar-refractivity contribution in [3.05, 3.63) is 51.2 Å². The maximum atomic E-state index is 10.1. The molecule has 0 saturated heterocycles. The van der Waals surface area contributed by atoms with E-state index in [1.807, 2.05) is 17.5 Å². The zero-order valence-electron chi connectivity index (χ0n) is 11.0. The lowest BCUT2D eigenvalue weighted by Crippen LogP contribution is -2.12. The number of benzene rings is 1. The molecule has 0 aliphatic heterocycles. The van der Waals surface area contributed by atoms with Gasteiger partial charge >= 0.3 is 0 Å². The van der Waals surface area contributed by atoms with Crippen LogP contribution in [0, 0.1) is 20.8 Å². The first-order valence-corrected chi connectivity index (χ1v) is 6.99. The van der Waals surface area contributed by atoms with E-state index in [9.17, 15) is 5.11 Å². The van der Waals surface area contributed by atoms with Crippen LogP contribution in [0.2, 0.25) is 0 Å². The summed E-state index contributed by atoms with van der Waals surface area (Å²) in [5, 5.41) is 15.4. The lowest BCUT2D eigenvalue weighted by molar-refractivity contribution is 0.195. The number of aryl methyl sites for hydroxylation is 3. The number of nitrogens with one attached hydrogen (secondary N) is 1. The molecular weight excluding hydrogens is 242 g/mol. The number of rotatable bonds is 4. The van der Waals surface area contributed by atoms with E-state index in [2.05, 4.69) is 38.2 Å². The molecule has 0 aliphatic rings. The first kappa shape index (κ1) is 13.1. The van der Waals surface area contributed by atoms with Gasteiger partial charge in [-0.2, -0.15) is 0 Å². The standard InChI is InChI=1S/C15H19NOS/c1-10-7-11(2)15(12(3)8-10)16-9-13(17)14-5-4-6-18-14/h4-8,13,16-17H,9H2,1-3H3. The summed E-state index contributed by atoms with van der Waals surface area (Å²) in [4.78, 5) is 1.00. The van der Waals surface area contributed by atoms with Crippen LogP contribution in [0.1, 0.15) is 27.7 Å². The molecule has 1 aromatic heterocycles. The predicted octanol–water partition coefficient (Wildman–Crippen LogP) is 3.82. The van der Waals surface area contributed by atoms with Crippen LogP contribution >= 0.6 is 11.3 Å². The van der Waals surface area contributed by atoms with Crippen LogP contribution in [0.5, 0.6) is 0 Å². The molecule has 2 N–H and O–H groups in total. The fourth-order valence-corrected chi connectivity index (χ4v) is 2.95. The highest BCUT2D eigenvalue weighted by molar-refractivity contribution is 7.10. The molecule has 0 spiro atoms. The monoisotopic (exact) mass is 261 g/mol. The fourth-order valence-electron chi connectivity index (χ4n) is 2.24. The van der Waals surface area contributed by atoms with Gasteiger partial charge in [0.1, 0.15) is 6.10 Å². The quantitative estimate of drug-likeness (QED) is 0.877. The van der Waals surface area contributed by atoms with E-state index in [0.717, 1.165) is 10.6 Å². The summed E-state index contributed by atoms with van der Waals surface area (Å²) in [5.74, 6) is 0. The van der Waals surface area contributed by atoms with Crippen molar-refractivity contribution in [2.75, 3.05) is 11.9 Å². The first-order chi connectivity index (χ1) is 8.58. The van der Waals surface area contributed by atoms with Crippen LogP contribution in [-0.4, -0.2) is 11.7 Å². The summed E-state index contributed by atoms with van der Waals surface area (Å²) in [5.41, 5.74) is 4.86. The summed E-state index contributed by atoms with van der Waals surface area (Å²) < 4.78 is 0. The van der Waals surface area contributed by atoms with Gasteiger partial charge in [-0.05, 0) is 43.3 Å². The van der Waals surface area contributed by atoms with Gasteiger partial charge < -0.3 is 10.4 Å². The molecule has 18 heavy (non-hydrogen) atoms. The van der Waals surface area contributed by atoms with Crippen molar-refractivity contribution in [3.8, 4) is 0 Å². The Morgan fingerprint density at radius 1 is 1.22 bits per heavy atom. The maximum absolute atomic E-state index is 10.1. The Labute approximate surface area is 112 Å². The smallest absolute Gasteiger partial charge is 0.105 e. The molecule has 0 radical (unpaired) electrons. The van der Waals surface area contributed by atoms with Gasteiger partial charge in [0.05, 0.1) is 0 Å². The van der Waals surface area contributed by atoms with Gasteiger partial charge in [-0.25, -0.2) is 0 Å². The molecule has 0 fully saturated rings. The van der Waals surface area contributed by atoms with Crippen LogP contribution in [0.25, 0.3) is 0 Å². The topological polar surface area (TPSA) is 32.3 Å². The molecular formula is C15H19NOS. The average Bonchev–Trinajstić information content (AvgIpc) is 2.80. The Morgan fingerprint density at radius 2 is 1.89 bits per heavy atom. The Morgan fingerprint density at radius 3 is 2.44 bits per heavy atom. The molecule has 0 aliphatic carbocycles. The van der Waals surface area contributed by atoms with E-state index in [1.165, 1.54) is 16.7 Å². The molecule has 2 rings (SSSR count). The van der Waals surface area contributed by atoms with Crippen LogP contribution in [0.4, 0.5) is 5.69 Å². The summed E-state index contributed by atoms with van der Waals surface area (Å²) in [6.45, 7) is 6.84. The highest BCUT2D eigenvalue weighted by Gasteiger charge is 2.10. The van der Waals surface area contributed by atoms with E-state index < -0.39 is 6.10 Å². The van der Waals surface area contributed by atoms with Crippen LogP contribution in [-0.2, 0) is 0 Å². The minimum Gasteiger partial charge on any atom is -0.386 e. The fraction of sp³-hybridized carbons (Fsp3) is 0.333. The SMILES string of the molecule is Cc1cc(C)c(NCC(O)c2cccs2)c(C)c1. The Balaban J connectivity index is 2.07. The van der Waals surface area contributed by atoms with Crippen molar-refractivity contribution in [1.82, 2.24) is 0 Å². The van der Waals surface area contributed by atoms with Crippen molar-refractivity contribution in [2.45, 2.75) is 26.9 Å². The molecule has 1 aromatic carbocycles. The van der Waals surface area contributed by atoms with Crippen LogP contribution < -0.4 is 5.32 Å². The zero-order valence-corrected chi connectivity index (χ0v) is 11.8.